The summed E-state index contributed by atoms with van der Waals surface area (Å²) in [6, 6.07) is -0.0478. The molecule has 0 aliphatic rings. The molecule has 92 valence electrons. The van der Waals surface area contributed by atoms with Crippen molar-refractivity contribution in [2.24, 2.45) is 5.73 Å². The van der Waals surface area contributed by atoms with Gasteiger partial charge < -0.3 is 10.3 Å². The SMILES string of the molecule is CCC(N)c1cn(Cc2c(C)noc2C)nn1. The highest BCUT2D eigenvalue weighted by Gasteiger charge is 2.12. The third kappa shape index (κ3) is 2.36. The van der Waals surface area contributed by atoms with Crippen LogP contribution in [0.1, 0.15) is 42.1 Å². The molecule has 1 unspecified atom stereocenters. The number of nitrogens with zero attached hydrogens (tertiary/aromatic N) is 4. The standard InChI is InChI=1S/C11H17N5O/c1-4-10(12)11-6-16(15-13-11)5-9-7(2)14-17-8(9)3/h6,10H,4-5,12H2,1-3H3. The molecule has 0 bridgehead atoms. The molecule has 2 aromatic heterocycles. The zero-order valence-electron chi connectivity index (χ0n) is 10.3. The lowest BCUT2D eigenvalue weighted by atomic mass is 10.2. The van der Waals surface area contributed by atoms with Gasteiger partial charge in [-0.2, -0.15) is 0 Å². The summed E-state index contributed by atoms with van der Waals surface area (Å²) in [4.78, 5) is 0. The molecule has 0 amide bonds. The van der Waals surface area contributed by atoms with Gasteiger partial charge in [-0.25, -0.2) is 4.68 Å². The number of rotatable bonds is 4. The fraction of sp³-hybridized carbons (Fsp3) is 0.545. The van der Waals surface area contributed by atoms with Crippen molar-refractivity contribution in [2.75, 3.05) is 0 Å². The zero-order chi connectivity index (χ0) is 12.4. The van der Waals surface area contributed by atoms with E-state index < -0.39 is 0 Å². The molecule has 2 rings (SSSR count). The summed E-state index contributed by atoms with van der Waals surface area (Å²) in [7, 11) is 0. The highest BCUT2D eigenvalue weighted by Crippen LogP contribution is 2.15. The van der Waals surface area contributed by atoms with Gasteiger partial charge in [0.2, 0.25) is 0 Å². The van der Waals surface area contributed by atoms with Gasteiger partial charge in [-0.3, -0.25) is 0 Å². The fourth-order valence-electron chi connectivity index (χ4n) is 1.66. The summed E-state index contributed by atoms with van der Waals surface area (Å²) in [6.45, 7) is 6.45. The summed E-state index contributed by atoms with van der Waals surface area (Å²) in [5, 5.41) is 12.0. The second kappa shape index (κ2) is 4.67. The van der Waals surface area contributed by atoms with Crippen LogP contribution in [0.5, 0.6) is 0 Å². The van der Waals surface area contributed by atoms with Crippen molar-refractivity contribution < 1.29 is 4.52 Å². The van der Waals surface area contributed by atoms with Crippen molar-refractivity contribution in [1.29, 1.82) is 0 Å². The maximum atomic E-state index is 5.89. The van der Waals surface area contributed by atoms with Crippen LogP contribution in [0.25, 0.3) is 0 Å². The minimum atomic E-state index is -0.0478. The van der Waals surface area contributed by atoms with Crippen LogP contribution < -0.4 is 5.73 Å². The van der Waals surface area contributed by atoms with Crippen molar-refractivity contribution in [3.05, 3.63) is 28.9 Å². The lowest BCUT2D eigenvalue weighted by Gasteiger charge is -2.02. The zero-order valence-corrected chi connectivity index (χ0v) is 10.3. The molecule has 0 spiro atoms. The minimum absolute atomic E-state index is 0.0478. The number of aryl methyl sites for hydroxylation is 2. The third-order valence-corrected chi connectivity index (χ3v) is 2.88. The van der Waals surface area contributed by atoms with Crippen molar-refractivity contribution >= 4 is 0 Å². The van der Waals surface area contributed by atoms with E-state index >= 15 is 0 Å². The van der Waals surface area contributed by atoms with Crippen LogP contribution in [0, 0.1) is 13.8 Å². The first kappa shape index (κ1) is 11.8. The van der Waals surface area contributed by atoms with Gasteiger partial charge in [0, 0.05) is 5.56 Å². The Labute approximate surface area is 99.8 Å². The molecule has 0 aliphatic carbocycles. The second-order valence-corrected chi connectivity index (χ2v) is 4.16. The molecule has 2 aromatic rings. The summed E-state index contributed by atoms with van der Waals surface area (Å²) in [5.41, 5.74) is 8.65. The molecule has 6 heteroatoms. The summed E-state index contributed by atoms with van der Waals surface area (Å²) in [6.07, 6.45) is 2.73. The van der Waals surface area contributed by atoms with Crippen LogP contribution >= 0.6 is 0 Å². The lowest BCUT2D eigenvalue weighted by molar-refractivity contribution is 0.391. The van der Waals surface area contributed by atoms with Gasteiger partial charge in [-0.15, -0.1) is 5.10 Å². The monoisotopic (exact) mass is 235 g/mol. The average molecular weight is 235 g/mol. The maximum absolute atomic E-state index is 5.89. The van der Waals surface area contributed by atoms with E-state index in [0.717, 1.165) is 29.1 Å². The summed E-state index contributed by atoms with van der Waals surface area (Å²) < 4.78 is 6.87. The molecule has 2 N–H and O–H groups in total. The van der Waals surface area contributed by atoms with Crippen LogP contribution in [0.15, 0.2) is 10.7 Å². The number of hydrogen-bond acceptors (Lipinski definition) is 5. The third-order valence-electron chi connectivity index (χ3n) is 2.88. The van der Waals surface area contributed by atoms with Crippen LogP contribution in [0.3, 0.4) is 0 Å². The first-order valence-electron chi connectivity index (χ1n) is 5.69. The average Bonchev–Trinajstić information content (AvgIpc) is 2.90. The Morgan fingerprint density at radius 2 is 2.24 bits per heavy atom. The van der Waals surface area contributed by atoms with E-state index in [1.165, 1.54) is 0 Å². The number of aromatic nitrogens is 4. The molecule has 0 saturated carbocycles. The Morgan fingerprint density at radius 1 is 1.47 bits per heavy atom. The van der Waals surface area contributed by atoms with Crippen LogP contribution in [-0.2, 0) is 6.54 Å². The van der Waals surface area contributed by atoms with Gasteiger partial charge in [0.05, 0.1) is 30.2 Å². The van der Waals surface area contributed by atoms with Gasteiger partial charge in [-0.05, 0) is 20.3 Å². The molecular weight excluding hydrogens is 218 g/mol. The van der Waals surface area contributed by atoms with E-state index in [4.69, 9.17) is 10.3 Å². The molecule has 2 heterocycles. The topological polar surface area (TPSA) is 82.8 Å². The molecule has 0 radical (unpaired) electrons. The predicted octanol–water partition coefficient (Wildman–Crippen LogP) is 1.34. The number of hydrogen-bond donors (Lipinski definition) is 1. The molecule has 17 heavy (non-hydrogen) atoms. The minimum Gasteiger partial charge on any atom is -0.361 e. The smallest absolute Gasteiger partial charge is 0.138 e. The molecule has 0 aromatic carbocycles. The van der Waals surface area contributed by atoms with Gasteiger partial charge >= 0.3 is 0 Å². The highest BCUT2D eigenvalue weighted by atomic mass is 16.5. The van der Waals surface area contributed by atoms with Gasteiger partial charge in [-0.1, -0.05) is 17.3 Å². The van der Waals surface area contributed by atoms with Crippen molar-refractivity contribution in [2.45, 2.75) is 39.8 Å². The Hall–Kier alpha value is -1.69. The van der Waals surface area contributed by atoms with Crippen molar-refractivity contribution in [3.8, 4) is 0 Å². The first-order chi connectivity index (χ1) is 8.11. The summed E-state index contributed by atoms with van der Waals surface area (Å²) >= 11 is 0. The fourth-order valence-corrected chi connectivity index (χ4v) is 1.66. The maximum Gasteiger partial charge on any atom is 0.138 e. The molecule has 0 fully saturated rings. The Bertz CT molecular complexity index is 482. The van der Waals surface area contributed by atoms with Crippen LogP contribution in [-0.4, -0.2) is 20.2 Å². The van der Waals surface area contributed by atoms with Gasteiger partial charge in [0.1, 0.15) is 5.76 Å². The van der Waals surface area contributed by atoms with Gasteiger partial charge in [0.25, 0.3) is 0 Å². The van der Waals surface area contributed by atoms with Gasteiger partial charge in [0.15, 0.2) is 0 Å². The van der Waals surface area contributed by atoms with Crippen molar-refractivity contribution in [1.82, 2.24) is 20.2 Å². The summed E-state index contributed by atoms with van der Waals surface area (Å²) in [5.74, 6) is 0.819. The first-order valence-corrected chi connectivity index (χ1v) is 5.69. The molecule has 1 atom stereocenters. The largest absolute Gasteiger partial charge is 0.361 e. The second-order valence-electron chi connectivity index (χ2n) is 4.16. The molecule has 0 saturated heterocycles. The van der Waals surface area contributed by atoms with E-state index in [9.17, 15) is 0 Å². The lowest BCUT2D eigenvalue weighted by Crippen LogP contribution is -2.08. The van der Waals surface area contributed by atoms with Crippen LogP contribution in [0.4, 0.5) is 0 Å². The Morgan fingerprint density at radius 3 is 2.82 bits per heavy atom. The Balaban J connectivity index is 2.17. The van der Waals surface area contributed by atoms with E-state index in [-0.39, 0.29) is 6.04 Å². The normalized spacial score (nSPS) is 12.9. The molecule has 6 nitrogen and oxygen atoms in total. The quantitative estimate of drug-likeness (QED) is 0.864. The van der Waals surface area contributed by atoms with E-state index in [2.05, 4.69) is 15.5 Å². The molecular formula is C11H17N5O. The Kier molecular flexibility index (Phi) is 3.23. The molecule has 0 aliphatic heterocycles. The highest BCUT2D eigenvalue weighted by molar-refractivity contribution is 5.20. The van der Waals surface area contributed by atoms with E-state index in [1.807, 2.05) is 27.0 Å². The van der Waals surface area contributed by atoms with E-state index in [1.54, 1.807) is 4.68 Å². The van der Waals surface area contributed by atoms with E-state index in [0.29, 0.717) is 6.54 Å². The van der Waals surface area contributed by atoms with Crippen molar-refractivity contribution in [3.63, 3.8) is 0 Å². The number of nitrogens with two attached hydrogens (primary N) is 1. The van der Waals surface area contributed by atoms with Crippen LogP contribution in [0.2, 0.25) is 0 Å². The predicted molar refractivity (Wildman–Crippen MR) is 62.3 cm³/mol.